The Morgan fingerprint density at radius 2 is 1.89 bits per heavy atom. The molecule has 5 rings (SSSR count). The van der Waals surface area contributed by atoms with Gasteiger partial charge in [-0.1, -0.05) is 11.6 Å². The molecular weight excluding hydrogens is 492 g/mol. The zero-order valence-corrected chi connectivity index (χ0v) is 20.8. The lowest BCUT2D eigenvalue weighted by Crippen LogP contribution is -2.29. The van der Waals surface area contributed by atoms with E-state index in [0.29, 0.717) is 41.8 Å². The number of aromatic nitrogens is 2. The summed E-state index contributed by atoms with van der Waals surface area (Å²) in [7, 11) is 1.78. The van der Waals surface area contributed by atoms with Crippen molar-refractivity contribution in [3.05, 3.63) is 76.8 Å². The molecule has 2 N–H and O–H groups in total. The normalized spacial score (nSPS) is 25.6. The van der Waals surface area contributed by atoms with Gasteiger partial charge in [0.2, 0.25) is 0 Å². The summed E-state index contributed by atoms with van der Waals surface area (Å²) in [6.07, 6.45) is 4.81. The molecule has 184 valence electrons. The fourth-order valence-electron chi connectivity index (χ4n) is 5.65. The minimum Gasteiger partial charge on any atom is -0.389 e. The van der Waals surface area contributed by atoms with Gasteiger partial charge in [0, 0.05) is 29.3 Å². The molecule has 0 radical (unpaired) electrons. The molecule has 1 heterocycles. The van der Waals surface area contributed by atoms with E-state index in [1.807, 2.05) is 0 Å². The second kappa shape index (κ2) is 9.56. The second-order valence-corrected chi connectivity index (χ2v) is 11.2. The predicted molar refractivity (Wildman–Crippen MR) is 133 cm³/mol. The molecule has 2 aromatic carbocycles. The molecule has 0 aliphatic heterocycles. The molecule has 2 fully saturated rings. The minimum absolute atomic E-state index is 0.0540. The zero-order valence-electron chi connectivity index (χ0n) is 19.2. The number of nitrogens with one attached hydrogen (secondary N) is 1. The van der Waals surface area contributed by atoms with Crippen LogP contribution in [0.1, 0.15) is 47.8 Å². The van der Waals surface area contributed by atoms with E-state index in [9.17, 15) is 18.7 Å². The standard InChI is InChI=1S/C26H26ClF2N3O2S/c1-32-14-30-23(24(32)25(33)31-19-4-7-22(29)21(27)10-19)15-8-16-11-26(34,12-17(16)9-15)13-35-20-5-2-18(28)3-6-20/h2-7,10,14-17,34H,8-9,11-13H2,1H3,(H,31,33). The van der Waals surface area contributed by atoms with Gasteiger partial charge >= 0.3 is 0 Å². The highest BCUT2D eigenvalue weighted by atomic mass is 35.5. The molecule has 0 bridgehead atoms. The maximum atomic E-state index is 13.5. The highest BCUT2D eigenvalue weighted by Crippen LogP contribution is 2.54. The van der Waals surface area contributed by atoms with Crippen LogP contribution in [0.25, 0.3) is 0 Å². The van der Waals surface area contributed by atoms with Gasteiger partial charge in [0.1, 0.15) is 17.3 Å². The van der Waals surface area contributed by atoms with E-state index in [-0.39, 0.29) is 22.7 Å². The lowest BCUT2D eigenvalue weighted by molar-refractivity contribution is 0.0629. The SMILES string of the molecule is Cn1cnc(C2CC3CC(O)(CSc4ccc(F)cc4)CC3C2)c1C(=O)Nc1ccc(F)c(Cl)c1. The van der Waals surface area contributed by atoms with Crippen LogP contribution in [0.4, 0.5) is 14.5 Å². The lowest BCUT2D eigenvalue weighted by Gasteiger charge is -2.24. The lowest BCUT2D eigenvalue weighted by atomic mass is 9.93. The Bertz CT molecular complexity index is 1240. The number of aliphatic hydroxyl groups is 1. The Kier molecular flexibility index (Phi) is 6.63. The summed E-state index contributed by atoms with van der Waals surface area (Å²) in [6, 6.07) is 10.4. The van der Waals surface area contributed by atoms with Crippen molar-refractivity contribution in [3.8, 4) is 0 Å². The summed E-state index contributed by atoms with van der Waals surface area (Å²) in [4.78, 5) is 18.6. The van der Waals surface area contributed by atoms with Crippen molar-refractivity contribution in [1.82, 2.24) is 9.55 Å². The summed E-state index contributed by atoms with van der Waals surface area (Å²) in [6.45, 7) is 0. The summed E-state index contributed by atoms with van der Waals surface area (Å²) in [5.74, 6) is 0.330. The van der Waals surface area contributed by atoms with Crippen molar-refractivity contribution in [1.29, 1.82) is 0 Å². The molecule has 2 unspecified atom stereocenters. The Balaban J connectivity index is 1.24. The van der Waals surface area contributed by atoms with Crippen LogP contribution in [-0.2, 0) is 7.05 Å². The number of hydrogen-bond acceptors (Lipinski definition) is 4. The first-order valence-electron chi connectivity index (χ1n) is 11.6. The Morgan fingerprint density at radius 3 is 2.54 bits per heavy atom. The summed E-state index contributed by atoms with van der Waals surface area (Å²) >= 11 is 7.40. The van der Waals surface area contributed by atoms with Crippen LogP contribution in [0.3, 0.4) is 0 Å². The Labute approximate surface area is 211 Å². The van der Waals surface area contributed by atoms with Crippen LogP contribution in [0.15, 0.2) is 53.7 Å². The fraction of sp³-hybridized carbons (Fsp3) is 0.385. The Hall–Kier alpha value is -2.42. The molecule has 1 aromatic heterocycles. The zero-order chi connectivity index (χ0) is 24.7. The number of anilines is 1. The molecule has 35 heavy (non-hydrogen) atoms. The van der Waals surface area contributed by atoms with E-state index in [0.717, 1.165) is 23.4 Å². The third kappa shape index (κ3) is 5.10. The van der Waals surface area contributed by atoms with Crippen molar-refractivity contribution in [2.45, 2.75) is 42.1 Å². The number of benzene rings is 2. The van der Waals surface area contributed by atoms with Crippen molar-refractivity contribution in [2.24, 2.45) is 18.9 Å². The van der Waals surface area contributed by atoms with E-state index < -0.39 is 11.4 Å². The second-order valence-electron chi connectivity index (χ2n) is 9.74. The average molecular weight is 518 g/mol. The quantitative estimate of drug-likeness (QED) is 0.392. The first kappa shape index (κ1) is 24.3. The number of amides is 1. The summed E-state index contributed by atoms with van der Waals surface area (Å²) in [5, 5.41) is 14.0. The van der Waals surface area contributed by atoms with Crippen LogP contribution in [0.5, 0.6) is 0 Å². The number of rotatable bonds is 6. The van der Waals surface area contributed by atoms with E-state index in [4.69, 9.17) is 11.6 Å². The first-order chi connectivity index (χ1) is 16.7. The van der Waals surface area contributed by atoms with E-state index in [1.165, 1.54) is 30.3 Å². The van der Waals surface area contributed by atoms with Gasteiger partial charge in [0.05, 0.1) is 22.6 Å². The van der Waals surface area contributed by atoms with Crippen LogP contribution in [0, 0.1) is 23.5 Å². The molecule has 0 saturated heterocycles. The van der Waals surface area contributed by atoms with Crippen LogP contribution >= 0.6 is 23.4 Å². The molecular formula is C26H26ClF2N3O2S. The Morgan fingerprint density at radius 1 is 1.20 bits per heavy atom. The van der Waals surface area contributed by atoms with Crippen LogP contribution in [0.2, 0.25) is 5.02 Å². The largest absolute Gasteiger partial charge is 0.389 e. The molecule has 2 atom stereocenters. The van der Waals surface area contributed by atoms with E-state index in [2.05, 4.69) is 10.3 Å². The van der Waals surface area contributed by atoms with Gasteiger partial charge in [-0.05, 0) is 80.0 Å². The topological polar surface area (TPSA) is 67.1 Å². The van der Waals surface area contributed by atoms with E-state index >= 15 is 0 Å². The first-order valence-corrected chi connectivity index (χ1v) is 13.0. The van der Waals surface area contributed by atoms with Crippen LogP contribution < -0.4 is 5.32 Å². The minimum atomic E-state index is -0.745. The maximum absolute atomic E-state index is 13.5. The van der Waals surface area contributed by atoms with Gasteiger partial charge in [-0.15, -0.1) is 11.8 Å². The van der Waals surface area contributed by atoms with Crippen LogP contribution in [-0.4, -0.2) is 31.9 Å². The van der Waals surface area contributed by atoms with Crippen molar-refractivity contribution >= 4 is 35.0 Å². The fourth-order valence-corrected chi connectivity index (χ4v) is 6.83. The summed E-state index contributed by atoms with van der Waals surface area (Å²) in [5.41, 5.74) is 0.917. The van der Waals surface area contributed by atoms with Gasteiger partial charge < -0.3 is 15.0 Å². The number of halogens is 3. The average Bonchev–Trinajstić information content (AvgIpc) is 3.47. The number of fused-ring (bicyclic) bond motifs is 1. The van der Waals surface area contributed by atoms with Gasteiger partial charge in [-0.3, -0.25) is 4.79 Å². The molecule has 9 heteroatoms. The number of imidazole rings is 1. The third-order valence-corrected chi connectivity index (χ3v) is 8.77. The summed E-state index contributed by atoms with van der Waals surface area (Å²) < 4.78 is 28.3. The molecule has 0 spiro atoms. The molecule has 2 aliphatic rings. The predicted octanol–water partition coefficient (Wildman–Crippen LogP) is 6.03. The van der Waals surface area contributed by atoms with Gasteiger partial charge in [0.15, 0.2) is 0 Å². The molecule has 2 aliphatic carbocycles. The maximum Gasteiger partial charge on any atom is 0.274 e. The van der Waals surface area contributed by atoms with E-state index in [1.54, 1.807) is 41.8 Å². The van der Waals surface area contributed by atoms with Gasteiger partial charge in [-0.25, -0.2) is 13.8 Å². The highest BCUT2D eigenvalue weighted by Gasteiger charge is 2.49. The molecule has 3 aromatic rings. The number of nitrogens with zero attached hydrogens (tertiary/aromatic N) is 2. The molecule has 5 nitrogen and oxygen atoms in total. The van der Waals surface area contributed by atoms with Crippen molar-refractivity contribution in [2.75, 3.05) is 11.1 Å². The third-order valence-electron chi connectivity index (χ3n) is 7.19. The smallest absolute Gasteiger partial charge is 0.274 e. The number of carbonyl (C=O) groups excluding carboxylic acids is 1. The molecule has 1 amide bonds. The number of thioether (sulfide) groups is 1. The van der Waals surface area contributed by atoms with Gasteiger partial charge in [-0.2, -0.15) is 0 Å². The highest BCUT2D eigenvalue weighted by molar-refractivity contribution is 7.99. The van der Waals surface area contributed by atoms with Crippen molar-refractivity contribution < 1.29 is 18.7 Å². The monoisotopic (exact) mass is 517 g/mol. The van der Waals surface area contributed by atoms with Crippen molar-refractivity contribution in [3.63, 3.8) is 0 Å². The number of carbonyl (C=O) groups is 1. The molecule has 2 saturated carbocycles. The number of hydrogen-bond donors (Lipinski definition) is 2. The number of aryl methyl sites for hydroxylation is 1. The van der Waals surface area contributed by atoms with Gasteiger partial charge in [0.25, 0.3) is 5.91 Å².